The molecule has 3 rings (SSSR count). The highest BCUT2D eigenvalue weighted by molar-refractivity contribution is 6.13. The number of Topliss-reactive ketones (excluding diaryl/α,β-unsaturated/α-hetero) is 1. The van der Waals surface area contributed by atoms with Crippen LogP contribution in [0.3, 0.4) is 0 Å². The lowest BCUT2D eigenvalue weighted by molar-refractivity contribution is -0.144. The number of hydrogen-bond acceptors (Lipinski definition) is 6. The number of methoxy groups -OCH3 is 1. The average Bonchev–Trinajstić information content (AvgIpc) is 2.85. The van der Waals surface area contributed by atoms with E-state index in [9.17, 15) is 28.0 Å². The Hall–Kier alpha value is -3.82. The highest BCUT2D eigenvalue weighted by atomic mass is 19.1. The summed E-state index contributed by atoms with van der Waals surface area (Å²) < 4.78 is 37.1. The molecule has 1 fully saturated rings. The van der Waals surface area contributed by atoms with Crippen molar-refractivity contribution in [2.75, 3.05) is 20.2 Å². The first-order valence-corrected chi connectivity index (χ1v) is 10.6. The number of amides is 2. The Bertz CT molecular complexity index is 1050. The summed E-state index contributed by atoms with van der Waals surface area (Å²) in [6.45, 7) is 0.618. The zero-order chi connectivity index (χ0) is 24.7. The van der Waals surface area contributed by atoms with Gasteiger partial charge in [0.05, 0.1) is 12.7 Å². The Balaban J connectivity index is 1.56. The van der Waals surface area contributed by atoms with Gasteiger partial charge in [0.1, 0.15) is 18.2 Å². The van der Waals surface area contributed by atoms with Crippen molar-refractivity contribution in [1.82, 2.24) is 10.2 Å². The molecule has 10 heteroatoms. The van der Waals surface area contributed by atoms with Crippen molar-refractivity contribution in [3.8, 4) is 0 Å². The summed E-state index contributed by atoms with van der Waals surface area (Å²) in [5, 5.41) is 2.31. The quantitative estimate of drug-likeness (QED) is 0.376. The van der Waals surface area contributed by atoms with Crippen LogP contribution < -0.4 is 5.32 Å². The van der Waals surface area contributed by atoms with Gasteiger partial charge < -0.3 is 19.7 Å². The number of ketones is 1. The van der Waals surface area contributed by atoms with Crippen LogP contribution in [0.4, 0.5) is 13.6 Å². The van der Waals surface area contributed by atoms with Crippen molar-refractivity contribution in [2.45, 2.75) is 25.5 Å². The van der Waals surface area contributed by atoms with Crippen molar-refractivity contribution in [3.63, 3.8) is 0 Å². The first-order valence-electron chi connectivity index (χ1n) is 10.6. The van der Waals surface area contributed by atoms with Gasteiger partial charge in [0.2, 0.25) is 5.91 Å². The summed E-state index contributed by atoms with van der Waals surface area (Å²) in [6.07, 6.45) is 0.0514. The van der Waals surface area contributed by atoms with Gasteiger partial charge in [0.15, 0.2) is 11.8 Å². The Morgan fingerprint density at radius 1 is 1.06 bits per heavy atom. The topological polar surface area (TPSA) is 102 Å². The van der Waals surface area contributed by atoms with Gasteiger partial charge in [0, 0.05) is 25.1 Å². The Labute approximate surface area is 194 Å². The van der Waals surface area contributed by atoms with Gasteiger partial charge in [-0.2, -0.15) is 0 Å². The Morgan fingerprint density at radius 3 is 2.35 bits per heavy atom. The maximum Gasteiger partial charge on any atom is 0.410 e. The van der Waals surface area contributed by atoms with E-state index in [1.165, 1.54) is 4.90 Å². The molecule has 180 valence electrons. The monoisotopic (exact) mass is 474 g/mol. The third-order valence-electron chi connectivity index (χ3n) is 5.51. The smallest absolute Gasteiger partial charge is 0.410 e. The van der Waals surface area contributed by atoms with Gasteiger partial charge in [-0.25, -0.2) is 18.4 Å². The number of carbonyl (C=O) groups is 4. The summed E-state index contributed by atoms with van der Waals surface area (Å²) >= 11 is 0. The first-order chi connectivity index (χ1) is 16.3. The Kier molecular flexibility index (Phi) is 8.29. The molecule has 0 aliphatic carbocycles. The van der Waals surface area contributed by atoms with Crippen LogP contribution in [-0.2, 0) is 25.7 Å². The van der Waals surface area contributed by atoms with Crippen molar-refractivity contribution in [3.05, 3.63) is 71.3 Å². The van der Waals surface area contributed by atoms with Crippen LogP contribution in [0, 0.1) is 17.6 Å². The fourth-order valence-corrected chi connectivity index (χ4v) is 3.59. The highest BCUT2D eigenvalue weighted by Crippen LogP contribution is 2.20. The minimum absolute atomic E-state index is 0.128. The van der Waals surface area contributed by atoms with Crippen LogP contribution in [0.1, 0.15) is 28.8 Å². The number of piperidine rings is 1. The van der Waals surface area contributed by atoms with Crippen LogP contribution in [0.5, 0.6) is 0 Å². The lowest BCUT2D eigenvalue weighted by Crippen LogP contribution is -2.51. The zero-order valence-electron chi connectivity index (χ0n) is 18.5. The van der Waals surface area contributed by atoms with Crippen molar-refractivity contribution in [2.24, 2.45) is 5.92 Å². The van der Waals surface area contributed by atoms with Gasteiger partial charge in [-0.05, 0) is 30.5 Å². The number of halogens is 2. The number of rotatable bonds is 7. The van der Waals surface area contributed by atoms with E-state index in [0.29, 0.717) is 6.07 Å². The number of ether oxygens (including phenoxy) is 2. The van der Waals surface area contributed by atoms with Crippen LogP contribution in [-0.4, -0.2) is 54.9 Å². The summed E-state index contributed by atoms with van der Waals surface area (Å²) in [5.74, 6) is -5.37. The summed E-state index contributed by atoms with van der Waals surface area (Å²) in [7, 11) is 1.02. The maximum atomic E-state index is 14.0. The van der Waals surface area contributed by atoms with Gasteiger partial charge in [-0.3, -0.25) is 9.59 Å². The summed E-state index contributed by atoms with van der Waals surface area (Å²) in [5.41, 5.74) is 0.300. The van der Waals surface area contributed by atoms with Crippen molar-refractivity contribution < 1.29 is 37.4 Å². The molecule has 1 atom stereocenters. The normalized spacial score (nSPS) is 14.7. The predicted octanol–water partition coefficient (Wildman–Crippen LogP) is 2.85. The van der Waals surface area contributed by atoms with E-state index in [2.05, 4.69) is 10.1 Å². The number of carbonyl (C=O) groups excluding carboxylic acids is 4. The van der Waals surface area contributed by atoms with Gasteiger partial charge >= 0.3 is 12.1 Å². The van der Waals surface area contributed by atoms with Gasteiger partial charge in [-0.15, -0.1) is 0 Å². The average molecular weight is 474 g/mol. The molecule has 1 unspecified atom stereocenters. The molecule has 1 heterocycles. The molecule has 2 amide bonds. The number of esters is 1. The summed E-state index contributed by atoms with van der Waals surface area (Å²) in [4.78, 5) is 51.3. The minimum atomic E-state index is -1.79. The summed E-state index contributed by atoms with van der Waals surface area (Å²) in [6, 6.07) is 9.70. The molecule has 2 aromatic rings. The van der Waals surface area contributed by atoms with Crippen molar-refractivity contribution in [1.29, 1.82) is 0 Å². The molecule has 0 bridgehead atoms. The number of nitrogens with one attached hydrogen (secondary N) is 1. The van der Waals surface area contributed by atoms with E-state index in [4.69, 9.17) is 4.74 Å². The van der Waals surface area contributed by atoms with E-state index in [1.54, 1.807) is 0 Å². The fourth-order valence-electron chi connectivity index (χ4n) is 3.59. The third kappa shape index (κ3) is 6.15. The van der Waals surface area contributed by atoms with E-state index in [1.807, 2.05) is 30.3 Å². The van der Waals surface area contributed by atoms with E-state index >= 15 is 0 Å². The van der Waals surface area contributed by atoms with E-state index < -0.39 is 52.9 Å². The Morgan fingerprint density at radius 2 is 1.74 bits per heavy atom. The second-order valence-corrected chi connectivity index (χ2v) is 7.75. The number of nitrogens with zero attached hydrogens (tertiary/aromatic N) is 1. The first kappa shape index (κ1) is 24.8. The molecule has 0 spiro atoms. The molecule has 8 nitrogen and oxygen atoms in total. The molecule has 2 aromatic carbocycles. The van der Waals surface area contributed by atoms with Gasteiger partial charge in [-0.1, -0.05) is 30.3 Å². The third-order valence-corrected chi connectivity index (χ3v) is 5.51. The van der Waals surface area contributed by atoms with E-state index in [-0.39, 0.29) is 32.5 Å². The number of likely N-dealkylation sites (tertiary alicyclic amines) is 1. The van der Waals surface area contributed by atoms with Crippen molar-refractivity contribution >= 4 is 23.8 Å². The molecule has 1 N–H and O–H groups in total. The molecule has 1 aliphatic heterocycles. The van der Waals surface area contributed by atoms with Crippen LogP contribution in [0.25, 0.3) is 0 Å². The van der Waals surface area contributed by atoms with Crippen LogP contribution in [0.2, 0.25) is 0 Å². The SMILES string of the molecule is COC(=O)C(NC(=O)C1CCN(C(=O)OCc2ccccc2)CC1)C(=O)c1ccc(F)cc1F. The number of benzene rings is 2. The predicted molar refractivity (Wildman–Crippen MR) is 116 cm³/mol. The van der Waals surface area contributed by atoms with Gasteiger partial charge in [0.25, 0.3) is 0 Å². The lowest BCUT2D eigenvalue weighted by Gasteiger charge is -2.31. The maximum absolute atomic E-state index is 14.0. The van der Waals surface area contributed by atoms with Crippen LogP contribution >= 0.6 is 0 Å². The molecular formula is C24H24F2N2O6. The molecule has 1 saturated heterocycles. The molecule has 0 aromatic heterocycles. The fraction of sp³-hybridized carbons (Fsp3) is 0.333. The van der Waals surface area contributed by atoms with Crippen LogP contribution in [0.15, 0.2) is 48.5 Å². The second-order valence-electron chi connectivity index (χ2n) is 7.75. The molecule has 1 aliphatic rings. The second kappa shape index (κ2) is 11.4. The number of hydrogen-bond donors (Lipinski definition) is 1. The lowest BCUT2D eigenvalue weighted by atomic mass is 9.95. The minimum Gasteiger partial charge on any atom is -0.467 e. The molecular weight excluding hydrogens is 450 g/mol. The largest absolute Gasteiger partial charge is 0.467 e. The standard InChI is InChI=1S/C24H24F2N2O6/c1-33-23(31)20(21(29)18-8-7-17(25)13-19(18)26)27-22(30)16-9-11-28(12-10-16)24(32)34-14-15-5-3-2-4-6-15/h2-8,13,16,20H,9-12,14H2,1H3,(H,27,30). The molecule has 34 heavy (non-hydrogen) atoms. The molecule has 0 radical (unpaired) electrons. The highest BCUT2D eigenvalue weighted by Gasteiger charge is 2.35. The molecule has 0 saturated carbocycles. The zero-order valence-corrected chi connectivity index (χ0v) is 18.5. The van der Waals surface area contributed by atoms with E-state index in [0.717, 1.165) is 24.8 Å².